The van der Waals surface area contributed by atoms with E-state index in [-0.39, 0.29) is 30.2 Å². The number of carbonyl (C=O) groups is 1. The number of hydroxylamine groups is 1. The summed E-state index contributed by atoms with van der Waals surface area (Å²) in [6.45, 7) is 0.280. The summed E-state index contributed by atoms with van der Waals surface area (Å²) in [7, 11) is -0.967. The van der Waals surface area contributed by atoms with Crippen LogP contribution in [-0.2, 0) is 27.5 Å². The van der Waals surface area contributed by atoms with Crippen molar-refractivity contribution in [3.63, 3.8) is 0 Å². The molecule has 0 bridgehead atoms. The van der Waals surface area contributed by atoms with Crippen molar-refractivity contribution in [3.05, 3.63) is 78.0 Å². The van der Waals surface area contributed by atoms with Gasteiger partial charge in [0.05, 0.1) is 32.3 Å². The summed E-state index contributed by atoms with van der Waals surface area (Å²) in [4.78, 5) is 16.0. The maximum Gasteiger partial charge on any atom is 0.244 e. The Morgan fingerprint density at radius 1 is 0.947 bits per heavy atom. The van der Waals surface area contributed by atoms with Crippen molar-refractivity contribution in [2.24, 2.45) is 0 Å². The lowest BCUT2D eigenvalue weighted by Gasteiger charge is -2.18. The number of ether oxygens (including phenoxy) is 3. The van der Waals surface area contributed by atoms with Gasteiger partial charge in [0.25, 0.3) is 0 Å². The highest BCUT2D eigenvalue weighted by Crippen LogP contribution is 2.31. The molecule has 0 aliphatic heterocycles. The normalized spacial score (nSPS) is 12.0. The number of rotatable bonds is 15. The topological polar surface area (TPSA) is 124 Å². The number of pyridine rings is 1. The van der Waals surface area contributed by atoms with Gasteiger partial charge in [-0.15, -0.1) is 0 Å². The lowest BCUT2D eigenvalue weighted by Crippen LogP contribution is -2.30. The highest BCUT2D eigenvalue weighted by atomic mass is 32.2. The molecule has 9 nitrogen and oxygen atoms in total. The zero-order valence-corrected chi connectivity index (χ0v) is 22.4. The van der Waals surface area contributed by atoms with E-state index in [2.05, 4.69) is 4.98 Å². The average Bonchev–Trinajstić information content (AvgIpc) is 2.95. The van der Waals surface area contributed by atoms with E-state index in [4.69, 9.17) is 19.4 Å². The van der Waals surface area contributed by atoms with Crippen molar-refractivity contribution in [1.82, 2.24) is 10.5 Å². The smallest absolute Gasteiger partial charge is 0.244 e. The molecular weight excluding hydrogens is 508 g/mol. The standard InChI is InChI=1S/C28H34N2O7S/c1-35-23-14-12-22(13-15-23)16-17-37-25-19-28(29-20-26(25)36-2)38(33,34)24(18-27(31)30-32)11-7-6-10-21-8-4-3-5-9-21/h3-5,8-9,12-15,19-20,24,32H,6-7,10-11,16-18H2,1-2H3,(H,30,31). The SMILES string of the molecule is COc1ccc(CCOc2cc(S(=O)(=O)C(CCCCc3ccccc3)CC(=O)NO)ncc2OC)cc1. The third kappa shape index (κ3) is 8.19. The minimum Gasteiger partial charge on any atom is -0.497 e. The van der Waals surface area contributed by atoms with Crippen molar-refractivity contribution < 1.29 is 32.6 Å². The van der Waals surface area contributed by atoms with Crippen LogP contribution in [0.4, 0.5) is 0 Å². The molecule has 1 amide bonds. The summed E-state index contributed by atoms with van der Waals surface area (Å²) in [6, 6.07) is 18.8. The van der Waals surface area contributed by atoms with E-state index < -0.39 is 21.0 Å². The molecule has 0 radical (unpaired) electrons. The van der Waals surface area contributed by atoms with Crippen molar-refractivity contribution in [1.29, 1.82) is 0 Å². The van der Waals surface area contributed by atoms with Gasteiger partial charge in [0.1, 0.15) is 5.75 Å². The van der Waals surface area contributed by atoms with Crippen molar-refractivity contribution in [2.45, 2.75) is 48.8 Å². The van der Waals surface area contributed by atoms with Crippen molar-refractivity contribution in [2.75, 3.05) is 20.8 Å². The van der Waals surface area contributed by atoms with Gasteiger partial charge < -0.3 is 14.2 Å². The minimum absolute atomic E-state index is 0.212. The van der Waals surface area contributed by atoms with Crippen molar-refractivity contribution >= 4 is 15.7 Å². The number of carbonyl (C=O) groups excluding carboxylic acids is 1. The Bertz CT molecular complexity index is 1270. The third-order valence-electron chi connectivity index (χ3n) is 6.19. The van der Waals surface area contributed by atoms with Gasteiger partial charge in [-0.1, -0.05) is 48.9 Å². The van der Waals surface area contributed by atoms with Gasteiger partial charge in [-0.3, -0.25) is 10.0 Å². The second kappa shape index (κ2) is 14.3. The number of aromatic nitrogens is 1. The number of nitrogens with zero attached hydrogens (tertiary/aromatic N) is 1. The van der Waals surface area contributed by atoms with Gasteiger partial charge in [-0.05, 0) is 42.5 Å². The molecular formula is C28H34N2O7S. The molecule has 1 unspecified atom stereocenters. The molecule has 0 saturated heterocycles. The van der Waals surface area contributed by atoms with E-state index in [9.17, 15) is 13.2 Å². The first-order valence-electron chi connectivity index (χ1n) is 12.4. The molecule has 0 spiro atoms. The van der Waals surface area contributed by atoms with E-state index in [0.717, 1.165) is 29.7 Å². The molecule has 0 saturated carbocycles. The van der Waals surface area contributed by atoms with Crippen LogP contribution in [0.3, 0.4) is 0 Å². The zero-order chi connectivity index (χ0) is 27.4. The van der Waals surface area contributed by atoms with E-state index in [0.29, 0.717) is 18.6 Å². The Hall–Kier alpha value is -3.63. The highest BCUT2D eigenvalue weighted by molar-refractivity contribution is 7.92. The number of amides is 1. The Kier molecular flexibility index (Phi) is 10.9. The number of methoxy groups -OCH3 is 2. The largest absolute Gasteiger partial charge is 0.497 e. The third-order valence-corrected chi connectivity index (χ3v) is 8.27. The van der Waals surface area contributed by atoms with Crippen LogP contribution in [0, 0.1) is 0 Å². The van der Waals surface area contributed by atoms with Gasteiger partial charge >= 0.3 is 0 Å². The fraction of sp³-hybridized carbons (Fsp3) is 0.357. The average molecular weight is 543 g/mol. The first-order valence-corrected chi connectivity index (χ1v) is 13.9. The van der Waals surface area contributed by atoms with E-state index in [1.807, 2.05) is 54.6 Å². The molecule has 2 aromatic carbocycles. The molecule has 3 rings (SSSR count). The van der Waals surface area contributed by atoms with Crippen LogP contribution in [-0.4, -0.2) is 50.6 Å². The van der Waals surface area contributed by atoms with Crippen LogP contribution in [0.1, 0.15) is 36.8 Å². The summed E-state index contributed by atoms with van der Waals surface area (Å²) >= 11 is 0. The lowest BCUT2D eigenvalue weighted by molar-refractivity contribution is -0.129. The Morgan fingerprint density at radius 2 is 1.66 bits per heavy atom. The van der Waals surface area contributed by atoms with E-state index >= 15 is 0 Å². The Morgan fingerprint density at radius 3 is 2.32 bits per heavy atom. The van der Waals surface area contributed by atoms with Gasteiger partial charge in [-0.2, -0.15) is 0 Å². The minimum atomic E-state index is -4.02. The van der Waals surface area contributed by atoms with Gasteiger partial charge in [0, 0.05) is 18.9 Å². The maximum absolute atomic E-state index is 13.5. The van der Waals surface area contributed by atoms with Crippen LogP contribution in [0.5, 0.6) is 17.2 Å². The molecule has 0 aliphatic rings. The molecule has 3 aromatic rings. The molecule has 10 heteroatoms. The predicted molar refractivity (Wildman–Crippen MR) is 142 cm³/mol. The molecule has 0 fully saturated rings. The molecule has 2 N–H and O–H groups in total. The fourth-order valence-corrected chi connectivity index (χ4v) is 5.70. The summed E-state index contributed by atoms with van der Waals surface area (Å²) in [6.07, 6.45) is 3.88. The second-order valence-corrected chi connectivity index (χ2v) is 10.9. The zero-order valence-electron chi connectivity index (χ0n) is 21.6. The fourth-order valence-electron chi connectivity index (χ4n) is 4.04. The number of hydrogen-bond donors (Lipinski definition) is 2. The van der Waals surface area contributed by atoms with E-state index in [1.54, 1.807) is 7.11 Å². The molecule has 204 valence electrons. The summed E-state index contributed by atoms with van der Waals surface area (Å²) in [5, 5.41) is 7.75. The predicted octanol–water partition coefficient (Wildman–Crippen LogP) is 4.17. The van der Waals surface area contributed by atoms with E-state index in [1.165, 1.54) is 24.9 Å². The van der Waals surface area contributed by atoms with Crippen LogP contribution in [0.25, 0.3) is 0 Å². The van der Waals surface area contributed by atoms with Crippen molar-refractivity contribution in [3.8, 4) is 17.2 Å². The summed E-state index contributed by atoms with van der Waals surface area (Å²) < 4.78 is 43.4. The van der Waals surface area contributed by atoms with Crippen LogP contribution in [0.2, 0.25) is 0 Å². The lowest BCUT2D eigenvalue weighted by atomic mass is 10.1. The number of benzene rings is 2. The molecule has 1 aromatic heterocycles. The van der Waals surface area contributed by atoms with Crippen LogP contribution < -0.4 is 19.7 Å². The number of sulfone groups is 1. The highest BCUT2D eigenvalue weighted by Gasteiger charge is 2.31. The second-order valence-electron chi connectivity index (χ2n) is 8.76. The quantitative estimate of drug-likeness (QED) is 0.167. The van der Waals surface area contributed by atoms with Gasteiger partial charge in [0.15, 0.2) is 26.4 Å². The number of nitrogens with one attached hydrogen (secondary N) is 1. The summed E-state index contributed by atoms with van der Waals surface area (Å²) in [5.41, 5.74) is 3.72. The molecule has 38 heavy (non-hydrogen) atoms. The first kappa shape index (κ1) is 28.9. The molecule has 0 aliphatic carbocycles. The Labute approximate surface area is 223 Å². The van der Waals surface area contributed by atoms with Gasteiger partial charge in [-0.25, -0.2) is 18.9 Å². The summed E-state index contributed by atoms with van der Waals surface area (Å²) in [5.74, 6) is 0.520. The monoisotopic (exact) mass is 542 g/mol. The number of aryl methyl sites for hydroxylation is 1. The Balaban J connectivity index is 1.71. The molecule has 1 atom stereocenters. The van der Waals surface area contributed by atoms with Gasteiger partial charge in [0.2, 0.25) is 5.91 Å². The van der Waals surface area contributed by atoms with Crippen LogP contribution >= 0.6 is 0 Å². The maximum atomic E-state index is 13.5. The number of unbranched alkanes of at least 4 members (excludes halogenated alkanes) is 1. The first-order chi connectivity index (χ1) is 18.4. The number of hydrogen-bond acceptors (Lipinski definition) is 8. The van der Waals surface area contributed by atoms with Crippen LogP contribution in [0.15, 0.2) is 71.9 Å². The molecule has 1 heterocycles.